The second-order valence-electron chi connectivity index (χ2n) is 7.30. The zero-order valence-corrected chi connectivity index (χ0v) is 16.9. The number of pyridine rings is 1. The number of nitrogens with zero attached hydrogens (tertiary/aromatic N) is 1. The van der Waals surface area contributed by atoms with E-state index in [0.717, 1.165) is 35.3 Å². The molecule has 0 radical (unpaired) electrons. The number of amides is 1. The van der Waals surface area contributed by atoms with E-state index >= 15 is 0 Å². The van der Waals surface area contributed by atoms with Gasteiger partial charge < -0.3 is 10.6 Å². The van der Waals surface area contributed by atoms with Gasteiger partial charge in [-0.25, -0.2) is 4.98 Å². The molecule has 1 heterocycles. The van der Waals surface area contributed by atoms with Crippen LogP contribution in [0.5, 0.6) is 0 Å². The molecule has 0 spiro atoms. The molecule has 0 unspecified atom stereocenters. The van der Waals surface area contributed by atoms with Gasteiger partial charge in [0.05, 0.1) is 11.1 Å². The molecule has 30 heavy (non-hydrogen) atoms. The number of fused-ring (bicyclic) bond motifs is 1. The highest BCUT2D eigenvalue weighted by atomic mass is 19.4. The van der Waals surface area contributed by atoms with Crippen LogP contribution >= 0.6 is 0 Å². The van der Waals surface area contributed by atoms with Gasteiger partial charge in [-0.2, -0.15) is 13.2 Å². The minimum absolute atomic E-state index is 0.180. The van der Waals surface area contributed by atoms with Gasteiger partial charge in [0.15, 0.2) is 0 Å². The first-order valence-electron chi connectivity index (χ1n) is 9.88. The molecule has 7 heteroatoms. The molecule has 1 atom stereocenters. The molecule has 0 aliphatic heterocycles. The lowest BCUT2D eigenvalue weighted by molar-refractivity contribution is -0.137. The average molecular weight is 415 g/mol. The Balaban J connectivity index is 1.58. The number of carbonyl (C=O) groups is 1. The van der Waals surface area contributed by atoms with Crippen molar-refractivity contribution in [3.63, 3.8) is 0 Å². The maximum atomic E-state index is 12.6. The molecule has 0 aliphatic carbocycles. The third-order valence-electron chi connectivity index (χ3n) is 4.90. The minimum Gasteiger partial charge on any atom is -0.368 e. The maximum absolute atomic E-state index is 12.6. The van der Waals surface area contributed by atoms with Gasteiger partial charge in [0.2, 0.25) is 5.91 Å². The number of rotatable bonds is 7. The number of benzene rings is 2. The molecule has 158 valence electrons. The smallest absolute Gasteiger partial charge is 0.368 e. The number of halogens is 3. The molecule has 1 aromatic heterocycles. The standard InChI is InChI=1S/C23H24F3N3O/c1-3-15(2)27-21-12-7-17-14-19(10-11-20(17)29-21)28-22(30)13-6-16-4-8-18(9-5-16)23(24,25)26/h4-5,7-12,14-15H,3,6,13H2,1-2H3,(H,27,29)(H,28,30)/t15-/m0/s1. The fourth-order valence-electron chi connectivity index (χ4n) is 2.98. The fraction of sp³-hybridized carbons (Fsp3) is 0.304. The Morgan fingerprint density at radius 2 is 1.80 bits per heavy atom. The first-order valence-corrected chi connectivity index (χ1v) is 9.88. The molecule has 1 amide bonds. The summed E-state index contributed by atoms with van der Waals surface area (Å²) in [6.45, 7) is 4.19. The second kappa shape index (κ2) is 9.15. The summed E-state index contributed by atoms with van der Waals surface area (Å²) < 4.78 is 37.8. The molecule has 0 saturated heterocycles. The van der Waals surface area contributed by atoms with Crippen molar-refractivity contribution in [1.82, 2.24) is 4.98 Å². The molecular formula is C23H24F3N3O. The van der Waals surface area contributed by atoms with Crippen LogP contribution in [0.25, 0.3) is 10.9 Å². The van der Waals surface area contributed by atoms with Crippen LogP contribution in [0.15, 0.2) is 54.6 Å². The quantitative estimate of drug-likeness (QED) is 0.495. The lowest BCUT2D eigenvalue weighted by Gasteiger charge is -2.13. The molecule has 0 saturated carbocycles. The number of aryl methyl sites for hydroxylation is 1. The molecule has 3 rings (SSSR count). The summed E-state index contributed by atoms with van der Waals surface area (Å²) in [5.41, 5.74) is 1.47. The highest BCUT2D eigenvalue weighted by Crippen LogP contribution is 2.29. The summed E-state index contributed by atoms with van der Waals surface area (Å²) in [6, 6.07) is 14.6. The van der Waals surface area contributed by atoms with Gasteiger partial charge in [-0.1, -0.05) is 19.1 Å². The van der Waals surface area contributed by atoms with Gasteiger partial charge in [-0.15, -0.1) is 0 Å². The average Bonchev–Trinajstić information content (AvgIpc) is 2.72. The van der Waals surface area contributed by atoms with Crippen molar-refractivity contribution in [2.45, 2.75) is 45.3 Å². The van der Waals surface area contributed by atoms with Gasteiger partial charge in [0.25, 0.3) is 0 Å². The van der Waals surface area contributed by atoms with E-state index in [4.69, 9.17) is 0 Å². The first kappa shape index (κ1) is 21.6. The molecule has 2 N–H and O–H groups in total. The Labute approximate surface area is 173 Å². The number of hydrogen-bond acceptors (Lipinski definition) is 3. The van der Waals surface area contributed by atoms with Crippen LogP contribution in [0.1, 0.15) is 37.8 Å². The van der Waals surface area contributed by atoms with E-state index in [1.54, 1.807) is 6.07 Å². The Kier molecular flexibility index (Phi) is 6.59. The second-order valence-corrected chi connectivity index (χ2v) is 7.30. The third-order valence-corrected chi connectivity index (χ3v) is 4.90. The molecule has 2 aromatic carbocycles. The van der Waals surface area contributed by atoms with E-state index in [2.05, 4.69) is 29.5 Å². The number of anilines is 2. The van der Waals surface area contributed by atoms with Crippen molar-refractivity contribution in [3.8, 4) is 0 Å². The minimum atomic E-state index is -4.36. The summed E-state index contributed by atoms with van der Waals surface area (Å²) in [5.74, 6) is 0.613. The van der Waals surface area contributed by atoms with Gasteiger partial charge in [0.1, 0.15) is 5.82 Å². The summed E-state index contributed by atoms with van der Waals surface area (Å²) in [5, 5.41) is 7.07. The summed E-state index contributed by atoms with van der Waals surface area (Å²) >= 11 is 0. The largest absolute Gasteiger partial charge is 0.416 e. The molecule has 0 aliphatic rings. The predicted molar refractivity (Wildman–Crippen MR) is 114 cm³/mol. The zero-order valence-electron chi connectivity index (χ0n) is 16.9. The number of aromatic nitrogens is 1. The van der Waals surface area contributed by atoms with E-state index in [1.807, 2.05) is 24.3 Å². The summed E-state index contributed by atoms with van der Waals surface area (Å²) in [7, 11) is 0. The predicted octanol–water partition coefficient (Wildman–Crippen LogP) is 6.04. The van der Waals surface area contributed by atoms with Crippen molar-refractivity contribution in [2.24, 2.45) is 0 Å². The lowest BCUT2D eigenvalue weighted by Crippen LogP contribution is -2.14. The number of carbonyl (C=O) groups excluding carboxylic acids is 1. The van der Waals surface area contributed by atoms with Crippen LogP contribution in [0.3, 0.4) is 0 Å². The van der Waals surface area contributed by atoms with Crippen LogP contribution in [0.4, 0.5) is 24.7 Å². The summed E-state index contributed by atoms with van der Waals surface area (Å²) in [6.07, 6.45) is -2.81. The summed E-state index contributed by atoms with van der Waals surface area (Å²) in [4.78, 5) is 16.8. The van der Waals surface area contributed by atoms with Gasteiger partial charge in [0, 0.05) is 23.5 Å². The highest BCUT2D eigenvalue weighted by Gasteiger charge is 2.29. The van der Waals surface area contributed by atoms with E-state index in [1.165, 1.54) is 12.1 Å². The normalized spacial score (nSPS) is 12.6. The van der Waals surface area contributed by atoms with Crippen molar-refractivity contribution in [1.29, 1.82) is 0 Å². The molecule has 3 aromatic rings. The molecular weight excluding hydrogens is 391 g/mol. The molecule has 0 fully saturated rings. The monoisotopic (exact) mass is 415 g/mol. The number of hydrogen-bond donors (Lipinski definition) is 2. The fourth-order valence-corrected chi connectivity index (χ4v) is 2.98. The maximum Gasteiger partial charge on any atom is 0.416 e. The van der Waals surface area contributed by atoms with Crippen molar-refractivity contribution < 1.29 is 18.0 Å². The van der Waals surface area contributed by atoms with Gasteiger partial charge in [-0.3, -0.25) is 4.79 Å². The third kappa shape index (κ3) is 5.72. The van der Waals surface area contributed by atoms with Crippen molar-refractivity contribution in [2.75, 3.05) is 10.6 Å². The first-order chi connectivity index (χ1) is 14.2. The number of nitrogens with one attached hydrogen (secondary N) is 2. The van der Waals surface area contributed by atoms with Gasteiger partial charge >= 0.3 is 6.18 Å². The van der Waals surface area contributed by atoms with Crippen LogP contribution in [0, 0.1) is 0 Å². The van der Waals surface area contributed by atoms with E-state index in [9.17, 15) is 18.0 Å². The molecule has 0 bridgehead atoms. The van der Waals surface area contributed by atoms with Crippen LogP contribution in [-0.2, 0) is 17.4 Å². The molecule has 4 nitrogen and oxygen atoms in total. The van der Waals surface area contributed by atoms with Crippen LogP contribution in [-0.4, -0.2) is 16.9 Å². The lowest BCUT2D eigenvalue weighted by atomic mass is 10.1. The van der Waals surface area contributed by atoms with Crippen molar-refractivity contribution in [3.05, 3.63) is 65.7 Å². The van der Waals surface area contributed by atoms with Crippen LogP contribution < -0.4 is 10.6 Å². The van der Waals surface area contributed by atoms with Crippen molar-refractivity contribution >= 4 is 28.3 Å². The Bertz CT molecular complexity index is 1020. The highest BCUT2D eigenvalue weighted by molar-refractivity contribution is 5.94. The topological polar surface area (TPSA) is 54.0 Å². The Morgan fingerprint density at radius 3 is 2.47 bits per heavy atom. The Hall–Kier alpha value is -3.09. The SMILES string of the molecule is CC[C@H](C)Nc1ccc2cc(NC(=O)CCc3ccc(C(F)(F)F)cc3)ccc2n1. The number of alkyl halides is 3. The van der Waals surface area contributed by atoms with E-state index < -0.39 is 11.7 Å². The van der Waals surface area contributed by atoms with Crippen LogP contribution in [0.2, 0.25) is 0 Å². The zero-order chi connectivity index (χ0) is 21.7. The van der Waals surface area contributed by atoms with E-state index in [-0.39, 0.29) is 12.3 Å². The van der Waals surface area contributed by atoms with E-state index in [0.29, 0.717) is 23.7 Å². The van der Waals surface area contributed by atoms with Gasteiger partial charge in [-0.05, 0) is 67.8 Å². The Morgan fingerprint density at radius 1 is 1.07 bits per heavy atom.